The second-order valence-electron chi connectivity index (χ2n) is 5.94. The Morgan fingerprint density at radius 3 is 2.35 bits per heavy atom. The number of hydrogen-bond donors (Lipinski definition) is 1. The van der Waals surface area contributed by atoms with Gasteiger partial charge in [-0.2, -0.15) is 0 Å². The molecule has 0 amide bonds. The minimum absolute atomic E-state index is 0.134. The van der Waals surface area contributed by atoms with Crippen molar-refractivity contribution in [3.8, 4) is 0 Å². The van der Waals surface area contributed by atoms with Crippen molar-refractivity contribution in [2.45, 2.75) is 26.8 Å². The largest absolute Gasteiger partial charge is 0.399 e. The van der Waals surface area contributed by atoms with Crippen LogP contribution in [-0.4, -0.2) is 42.5 Å². The van der Waals surface area contributed by atoms with Gasteiger partial charge in [-0.15, -0.1) is 0 Å². The topological polar surface area (TPSA) is 32.5 Å². The van der Waals surface area contributed by atoms with Crippen LogP contribution in [0.25, 0.3) is 0 Å². The number of benzene rings is 1. The fourth-order valence-corrected chi connectivity index (χ4v) is 3.12. The standard InChI is InChI=1S/C16H26FN3/c1-4-19-7-9-20(10-8-19)16(12(2)3)14-6-5-13(18)11-15(14)17/h5-6,11-12,16H,4,7-10,18H2,1-3H3. The van der Waals surface area contributed by atoms with Gasteiger partial charge in [0.1, 0.15) is 5.82 Å². The van der Waals surface area contributed by atoms with Crippen LogP contribution in [-0.2, 0) is 0 Å². The maximum Gasteiger partial charge on any atom is 0.130 e. The van der Waals surface area contributed by atoms with E-state index in [1.165, 1.54) is 6.07 Å². The lowest BCUT2D eigenvalue weighted by molar-refractivity contribution is 0.0769. The molecule has 1 heterocycles. The average molecular weight is 279 g/mol. The molecule has 4 heteroatoms. The van der Waals surface area contributed by atoms with Gasteiger partial charge >= 0.3 is 0 Å². The van der Waals surface area contributed by atoms with Gasteiger partial charge in [0.15, 0.2) is 0 Å². The van der Waals surface area contributed by atoms with Crippen molar-refractivity contribution in [1.82, 2.24) is 9.80 Å². The molecule has 3 nitrogen and oxygen atoms in total. The Hall–Kier alpha value is -1.13. The van der Waals surface area contributed by atoms with Crippen molar-refractivity contribution >= 4 is 5.69 Å². The third kappa shape index (κ3) is 3.30. The number of nitrogens with two attached hydrogens (primary N) is 1. The van der Waals surface area contributed by atoms with E-state index >= 15 is 0 Å². The number of likely N-dealkylation sites (N-methyl/N-ethyl adjacent to an activating group) is 1. The van der Waals surface area contributed by atoms with Gasteiger partial charge in [0.25, 0.3) is 0 Å². The number of anilines is 1. The molecule has 1 aromatic rings. The molecule has 1 unspecified atom stereocenters. The third-order valence-corrected chi connectivity index (χ3v) is 4.22. The molecule has 1 atom stereocenters. The Labute approximate surface area is 121 Å². The molecule has 0 radical (unpaired) electrons. The van der Waals surface area contributed by atoms with Gasteiger partial charge in [-0.25, -0.2) is 4.39 Å². The van der Waals surface area contributed by atoms with Crippen LogP contribution < -0.4 is 5.73 Å². The highest BCUT2D eigenvalue weighted by Crippen LogP contribution is 2.31. The Bertz CT molecular complexity index is 439. The lowest BCUT2D eigenvalue weighted by Crippen LogP contribution is -2.48. The van der Waals surface area contributed by atoms with Crippen molar-refractivity contribution in [3.05, 3.63) is 29.6 Å². The summed E-state index contributed by atoms with van der Waals surface area (Å²) in [5, 5.41) is 0. The molecular formula is C16H26FN3. The number of halogens is 1. The molecule has 20 heavy (non-hydrogen) atoms. The SMILES string of the molecule is CCN1CCN(C(c2ccc(N)cc2F)C(C)C)CC1. The van der Waals surface area contributed by atoms with Crippen LogP contribution in [0.3, 0.4) is 0 Å². The summed E-state index contributed by atoms with van der Waals surface area (Å²) in [6, 6.07) is 5.22. The highest BCUT2D eigenvalue weighted by molar-refractivity contribution is 5.41. The summed E-state index contributed by atoms with van der Waals surface area (Å²) in [4.78, 5) is 4.85. The number of piperazine rings is 1. The molecule has 0 aromatic heterocycles. The first-order valence-electron chi connectivity index (χ1n) is 7.54. The van der Waals surface area contributed by atoms with Crippen LogP contribution in [0.15, 0.2) is 18.2 Å². The molecular weight excluding hydrogens is 253 g/mol. The Kier molecular flexibility index (Phi) is 5.00. The molecule has 1 saturated heterocycles. The molecule has 1 fully saturated rings. The predicted molar refractivity (Wildman–Crippen MR) is 82.1 cm³/mol. The monoisotopic (exact) mass is 279 g/mol. The molecule has 2 N–H and O–H groups in total. The number of nitrogen functional groups attached to an aromatic ring is 1. The third-order valence-electron chi connectivity index (χ3n) is 4.22. The molecule has 1 aliphatic heterocycles. The first-order valence-corrected chi connectivity index (χ1v) is 7.54. The quantitative estimate of drug-likeness (QED) is 0.860. The summed E-state index contributed by atoms with van der Waals surface area (Å²) in [7, 11) is 0. The summed E-state index contributed by atoms with van der Waals surface area (Å²) < 4.78 is 14.2. The van der Waals surface area contributed by atoms with Gasteiger partial charge in [0.05, 0.1) is 0 Å². The Balaban J connectivity index is 2.19. The van der Waals surface area contributed by atoms with E-state index in [0.29, 0.717) is 11.6 Å². The fraction of sp³-hybridized carbons (Fsp3) is 0.625. The predicted octanol–water partition coefficient (Wildman–Crippen LogP) is 2.74. The summed E-state index contributed by atoms with van der Waals surface area (Å²) >= 11 is 0. The molecule has 0 spiro atoms. The van der Waals surface area contributed by atoms with Gasteiger partial charge in [-0.3, -0.25) is 4.90 Å². The van der Waals surface area contributed by atoms with E-state index in [0.717, 1.165) is 38.3 Å². The summed E-state index contributed by atoms with van der Waals surface area (Å²) in [5.41, 5.74) is 6.93. The molecule has 1 aromatic carbocycles. The first-order chi connectivity index (χ1) is 9.52. The number of nitrogens with zero attached hydrogens (tertiary/aromatic N) is 2. The summed E-state index contributed by atoms with van der Waals surface area (Å²) in [6.45, 7) is 11.7. The minimum Gasteiger partial charge on any atom is -0.399 e. The van der Waals surface area contributed by atoms with Crippen molar-refractivity contribution in [1.29, 1.82) is 0 Å². The second-order valence-corrected chi connectivity index (χ2v) is 5.94. The van der Waals surface area contributed by atoms with E-state index in [2.05, 4.69) is 30.6 Å². The van der Waals surface area contributed by atoms with Crippen LogP contribution in [0.1, 0.15) is 32.4 Å². The summed E-state index contributed by atoms with van der Waals surface area (Å²) in [5.74, 6) is 0.197. The molecule has 112 valence electrons. The number of hydrogen-bond acceptors (Lipinski definition) is 3. The van der Waals surface area contributed by atoms with Gasteiger partial charge in [0.2, 0.25) is 0 Å². The average Bonchev–Trinajstić information content (AvgIpc) is 2.42. The fourth-order valence-electron chi connectivity index (χ4n) is 3.12. The van der Waals surface area contributed by atoms with E-state index in [4.69, 9.17) is 5.73 Å². The normalized spacial score (nSPS) is 19.4. The van der Waals surface area contributed by atoms with Crippen LogP contribution in [0.5, 0.6) is 0 Å². The molecule has 0 bridgehead atoms. The van der Waals surface area contributed by atoms with Gasteiger partial charge < -0.3 is 10.6 Å². The Morgan fingerprint density at radius 1 is 1.20 bits per heavy atom. The second kappa shape index (κ2) is 6.55. The van der Waals surface area contributed by atoms with Crippen molar-refractivity contribution in [2.75, 3.05) is 38.5 Å². The summed E-state index contributed by atoms with van der Waals surface area (Å²) in [6.07, 6.45) is 0. The van der Waals surface area contributed by atoms with Crippen LogP contribution >= 0.6 is 0 Å². The van der Waals surface area contributed by atoms with E-state index in [1.807, 2.05) is 6.07 Å². The molecule has 1 aliphatic rings. The highest BCUT2D eigenvalue weighted by Gasteiger charge is 2.28. The zero-order chi connectivity index (χ0) is 14.7. The van der Waals surface area contributed by atoms with Gasteiger partial charge in [0, 0.05) is 43.5 Å². The van der Waals surface area contributed by atoms with E-state index in [-0.39, 0.29) is 11.9 Å². The van der Waals surface area contributed by atoms with E-state index < -0.39 is 0 Å². The zero-order valence-electron chi connectivity index (χ0n) is 12.8. The minimum atomic E-state index is -0.179. The molecule has 0 saturated carbocycles. The van der Waals surface area contributed by atoms with Crippen LogP contribution in [0, 0.1) is 11.7 Å². The number of rotatable bonds is 4. The lowest BCUT2D eigenvalue weighted by Gasteiger charge is -2.41. The molecule has 0 aliphatic carbocycles. The zero-order valence-corrected chi connectivity index (χ0v) is 12.8. The van der Waals surface area contributed by atoms with Crippen molar-refractivity contribution in [2.24, 2.45) is 5.92 Å². The lowest BCUT2D eigenvalue weighted by atomic mass is 9.93. The van der Waals surface area contributed by atoms with E-state index in [9.17, 15) is 4.39 Å². The van der Waals surface area contributed by atoms with E-state index in [1.54, 1.807) is 6.07 Å². The Morgan fingerprint density at radius 2 is 1.85 bits per heavy atom. The molecule has 2 rings (SSSR count). The maximum atomic E-state index is 14.2. The van der Waals surface area contributed by atoms with Gasteiger partial charge in [-0.05, 0) is 24.6 Å². The first kappa shape index (κ1) is 15.3. The van der Waals surface area contributed by atoms with Gasteiger partial charge in [-0.1, -0.05) is 26.8 Å². The van der Waals surface area contributed by atoms with Crippen LogP contribution in [0.4, 0.5) is 10.1 Å². The van der Waals surface area contributed by atoms with Crippen molar-refractivity contribution in [3.63, 3.8) is 0 Å². The highest BCUT2D eigenvalue weighted by atomic mass is 19.1. The smallest absolute Gasteiger partial charge is 0.130 e. The van der Waals surface area contributed by atoms with Crippen LogP contribution in [0.2, 0.25) is 0 Å². The maximum absolute atomic E-state index is 14.2. The van der Waals surface area contributed by atoms with Crippen molar-refractivity contribution < 1.29 is 4.39 Å².